The summed E-state index contributed by atoms with van der Waals surface area (Å²) in [5.41, 5.74) is 18.1. The van der Waals surface area contributed by atoms with Crippen molar-refractivity contribution in [3.63, 3.8) is 0 Å². The molecule has 0 aliphatic heterocycles. The first kappa shape index (κ1) is 20.1. The Hall–Kier alpha value is -3.86. The van der Waals surface area contributed by atoms with Gasteiger partial charge in [-0.2, -0.15) is 0 Å². The average molecular weight is 447 g/mol. The van der Waals surface area contributed by atoms with E-state index in [9.17, 15) is 14.7 Å². The maximum atomic E-state index is 13.4. The van der Waals surface area contributed by atoms with Crippen LogP contribution >= 0.6 is 11.3 Å². The van der Waals surface area contributed by atoms with Crippen molar-refractivity contribution in [2.75, 3.05) is 5.73 Å². The maximum Gasteiger partial charge on any atom is 0.346 e. The van der Waals surface area contributed by atoms with Gasteiger partial charge < -0.3 is 27.0 Å². The number of rotatable bonds is 4. The zero-order valence-electron chi connectivity index (χ0n) is 16.5. The van der Waals surface area contributed by atoms with Crippen molar-refractivity contribution in [1.29, 1.82) is 0 Å². The molecule has 9 nitrogen and oxygen atoms in total. The number of aromatic nitrogens is 2. The Morgan fingerprint density at radius 2 is 1.78 bits per heavy atom. The quantitative estimate of drug-likeness (QED) is 0.344. The molecule has 0 bridgehead atoms. The highest BCUT2D eigenvalue weighted by Gasteiger charge is 2.50. The Morgan fingerprint density at radius 3 is 2.44 bits per heavy atom. The summed E-state index contributed by atoms with van der Waals surface area (Å²) < 4.78 is 6.22. The van der Waals surface area contributed by atoms with Crippen molar-refractivity contribution in [3.05, 3.63) is 76.7 Å². The van der Waals surface area contributed by atoms with Gasteiger partial charge in [-0.05, 0) is 23.8 Å². The van der Waals surface area contributed by atoms with Gasteiger partial charge in [0.1, 0.15) is 10.6 Å². The van der Waals surface area contributed by atoms with E-state index in [1.165, 1.54) is 12.4 Å². The highest BCUT2D eigenvalue weighted by Crippen LogP contribution is 2.48. The molecule has 4 aromatic rings. The number of carbonyl (C=O) groups excluding carboxylic acids is 1. The number of nitrogen functional groups attached to an aromatic ring is 1. The van der Waals surface area contributed by atoms with E-state index in [2.05, 4.69) is 9.97 Å². The third-order valence-corrected chi connectivity index (χ3v) is 6.71. The van der Waals surface area contributed by atoms with Gasteiger partial charge in [-0.3, -0.25) is 4.79 Å². The molecule has 2 aromatic heterocycles. The molecule has 1 aliphatic carbocycles. The Kier molecular flexibility index (Phi) is 4.45. The summed E-state index contributed by atoms with van der Waals surface area (Å²) in [6, 6.07) is 11.0. The molecule has 10 heteroatoms. The molecule has 0 spiro atoms. The lowest BCUT2D eigenvalue weighted by Gasteiger charge is -2.34. The number of carboxylic acids is 1. The van der Waals surface area contributed by atoms with Gasteiger partial charge in [-0.25, -0.2) is 14.8 Å². The van der Waals surface area contributed by atoms with Gasteiger partial charge in [0, 0.05) is 16.6 Å². The number of hydrogen-bond donors (Lipinski definition) is 4. The number of carbonyl (C=O) groups is 2. The van der Waals surface area contributed by atoms with Crippen molar-refractivity contribution in [2.24, 2.45) is 11.5 Å². The van der Waals surface area contributed by atoms with Crippen LogP contribution < -0.4 is 21.9 Å². The minimum Gasteiger partial charge on any atom is -0.477 e. The number of ether oxygens (including phenoxy) is 1. The van der Waals surface area contributed by atoms with E-state index in [4.69, 9.17) is 21.9 Å². The van der Waals surface area contributed by atoms with Crippen molar-refractivity contribution in [3.8, 4) is 11.5 Å². The van der Waals surface area contributed by atoms with Crippen LogP contribution in [0.3, 0.4) is 0 Å². The molecule has 7 N–H and O–H groups in total. The van der Waals surface area contributed by atoms with E-state index in [0.717, 1.165) is 11.3 Å². The van der Waals surface area contributed by atoms with Crippen LogP contribution in [0.25, 0.3) is 10.1 Å². The van der Waals surface area contributed by atoms with Crippen molar-refractivity contribution in [2.45, 2.75) is 11.6 Å². The highest BCUT2D eigenvalue weighted by atomic mass is 32.1. The van der Waals surface area contributed by atoms with Crippen LogP contribution in [-0.4, -0.2) is 26.8 Å². The Balaban J connectivity index is 1.66. The Bertz CT molecular complexity index is 1390. The lowest BCUT2D eigenvalue weighted by atomic mass is 9.73. The normalized spacial score (nSPS) is 19.8. The number of ketones is 1. The molecule has 2 atom stereocenters. The molecule has 0 saturated carbocycles. The third kappa shape index (κ3) is 2.78. The fourth-order valence-corrected chi connectivity index (χ4v) is 5.11. The molecule has 1 aliphatic rings. The number of nitrogens with two attached hydrogens (primary N) is 3. The summed E-state index contributed by atoms with van der Waals surface area (Å²) in [6.07, 6.45) is 2.84. The molecule has 2 heterocycles. The first-order valence-electron chi connectivity index (χ1n) is 9.55. The SMILES string of the molecule is Nc1ccc2c3c(c(C(=O)O)sc13)C(N)C(=O)C2(N)c1ncc(Oc2ccccc2)cn1. The summed E-state index contributed by atoms with van der Waals surface area (Å²) in [7, 11) is 0. The standard InChI is InChI=1S/C22H17N5O4S/c23-13-7-6-12-14-15(18(20(29)30)32-17(13)14)16(24)19(28)22(12,25)21-26-8-11(9-27-21)31-10-4-2-1-3-5-10/h1-9,16H,23-25H2,(H,29,30). The molecule has 2 unspecified atom stereocenters. The topological polar surface area (TPSA) is 167 Å². The molecule has 0 saturated heterocycles. The number of hydrogen-bond acceptors (Lipinski definition) is 9. The Morgan fingerprint density at radius 1 is 1.09 bits per heavy atom. The van der Waals surface area contributed by atoms with Crippen LogP contribution in [0.4, 0.5) is 5.69 Å². The molecule has 32 heavy (non-hydrogen) atoms. The number of nitrogens with zero attached hydrogens (tertiary/aromatic N) is 2. The van der Waals surface area contributed by atoms with Gasteiger partial charge in [0.15, 0.2) is 22.9 Å². The molecular weight excluding hydrogens is 430 g/mol. The van der Waals surface area contributed by atoms with Crippen molar-refractivity contribution >= 4 is 38.9 Å². The van der Waals surface area contributed by atoms with Gasteiger partial charge in [-0.15, -0.1) is 11.3 Å². The fraction of sp³-hybridized carbons (Fsp3) is 0.0909. The fourth-order valence-electron chi connectivity index (χ4n) is 3.97. The van der Waals surface area contributed by atoms with Gasteiger partial charge in [0.25, 0.3) is 0 Å². The number of aromatic carboxylic acids is 1. The largest absolute Gasteiger partial charge is 0.477 e. The number of Topliss-reactive ketones (excluding diaryl/α,β-unsaturated/α-hetero) is 1. The predicted molar refractivity (Wildman–Crippen MR) is 119 cm³/mol. The predicted octanol–water partition coefficient (Wildman–Crippen LogP) is 2.55. The minimum absolute atomic E-state index is 0.0261. The van der Waals surface area contributed by atoms with Crippen molar-refractivity contribution in [1.82, 2.24) is 9.97 Å². The van der Waals surface area contributed by atoms with E-state index < -0.39 is 23.3 Å². The molecule has 2 aromatic carbocycles. The van der Waals surface area contributed by atoms with Crippen LogP contribution in [0.15, 0.2) is 54.9 Å². The van der Waals surface area contributed by atoms with E-state index >= 15 is 0 Å². The van der Waals surface area contributed by atoms with Gasteiger partial charge in [0.2, 0.25) is 0 Å². The van der Waals surface area contributed by atoms with Crippen LogP contribution in [0.2, 0.25) is 0 Å². The van der Waals surface area contributed by atoms with Crippen LogP contribution in [0, 0.1) is 0 Å². The smallest absolute Gasteiger partial charge is 0.346 e. The van der Waals surface area contributed by atoms with Crippen LogP contribution in [0.5, 0.6) is 11.5 Å². The zero-order valence-corrected chi connectivity index (χ0v) is 17.3. The molecular formula is C22H17N5O4S. The van der Waals surface area contributed by atoms with Gasteiger partial charge in [-0.1, -0.05) is 24.3 Å². The summed E-state index contributed by atoms with van der Waals surface area (Å²) >= 11 is 0.970. The number of benzene rings is 2. The summed E-state index contributed by atoms with van der Waals surface area (Å²) in [5, 5.41) is 10.1. The van der Waals surface area contributed by atoms with Crippen LogP contribution in [0.1, 0.15) is 32.7 Å². The second-order valence-electron chi connectivity index (χ2n) is 7.36. The van der Waals surface area contributed by atoms with Gasteiger partial charge in [0.05, 0.1) is 23.1 Å². The van der Waals surface area contributed by atoms with E-state index in [0.29, 0.717) is 32.8 Å². The van der Waals surface area contributed by atoms with E-state index in [-0.39, 0.29) is 16.3 Å². The summed E-state index contributed by atoms with van der Waals surface area (Å²) in [6.45, 7) is 0. The van der Waals surface area contributed by atoms with Crippen molar-refractivity contribution < 1.29 is 19.4 Å². The number of para-hydroxylation sites is 1. The highest BCUT2D eigenvalue weighted by molar-refractivity contribution is 7.21. The lowest BCUT2D eigenvalue weighted by Crippen LogP contribution is -2.53. The first-order chi connectivity index (χ1) is 15.3. The van der Waals surface area contributed by atoms with E-state index in [1.54, 1.807) is 24.3 Å². The summed E-state index contributed by atoms with van der Waals surface area (Å²) in [4.78, 5) is 33.8. The first-order valence-corrected chi connectivity index (χ1v) is 10.4. The summed E-state index contributed by atoms with van der Waals surface area (Å²) in [5.74, 6) is -0.792. The molecule has 0 amide bonds. The zero-order chi connectivity index (χ0) is 22.6. The van der Waals surface area contributed by atoms with Crippen LogP contribution in [-0.2, 0) is 10.3 Å². The molecule has 5 rings (SSSR count). The third-order valence-electron chi connectivity index (χ3n) is 5.47. The lowest BCUT2D eigenvalue weighted by molar-refractivity contribution is -0.125. The van der Waals surface area contributed by atoms with Gasteiger partial charge >= 0.3 is 5.97 Å². The molecule has 0 radical (unpaired) electrons. The number of carboxylic acid groups (broad SMARTS) is 1. The Labute approximate surface area is 185 Å². The number of thiophene rings is 1. The second kappa shape index (κ2) is 7.09. The minimum atomic E-state index is -1.78. The monoisotopic (exact) mass is 447 g/mol. The second-order valence-corrected chi connectivity index (χ2v) is 8.38. The average Bonchev–Trinajstić information content (AvgIpc) is 3.20. The number of anilines is 1. The molecule has 160 valence electrons. The maximum absolute atomic E-state index is 13.4. The van der Waals surface area contributed by atoms with E-state index in [1.807, 2.05) is 18.2 Å². The molecule has 0 fully saturated rings.